The van der Waals surface area contributed by atoms with E-state index in [-0.39, 0.29) is 6.79 Å². The van der Waals surface area contributed by atoms with Gasteiger partial charge in [0, 0.05) is 22.6 Å². The first-order valence-corrected chi connectivity index (χ1v) is 10.2. The lowest BCUT2D eigenvalue weighted by Crippen LogP contribution is -2.29. The second kappa shape index (κ2) is 7.45. The molecule has 0 spiro atoms. The van der Waals surface area contributed by atoms with Crippen molar-refractivity contribution < 1.29 is 24.1 Å². The molecular weight excluding hydrogens is 416 g/mol. The fourth-order valence-electron chi connectivity index (χ4n) is 4.03. The lowest BCUT2D eigenvalue weighted by molar-refractivity contribution is -0.185. The predicted octanol–water partition coefficient (Wildman–Crippen LogP) is 4.78. The second-order valence-electron chi connectivity index (χ2n) is 7.63. The summed E-state index contributed by atoms with van der Waals surface area (Å²) in [6.07, 6.45) is 0.330. The van der Waals surface area contributed by atoms with Gasteiger partial charge in [-0.2, -0.15) is 0 Å². The quantitative estimate of drug-likeness (QED) is 0.599. The highest BCUT2D eigenvalue weighted by Crippen LogP contribution is 2.46. The molecule has 1 N–H and O–H groups in total. The zero-order chi connectivity index (χ0) is 21.6. The van der Waals surface area contributed by atoms with E-state index < -0.39 is 11.8 Å². The number of cyclic esters (lactones) is 1. The highest BCUT2D eigenvalue weighted by molar-refractivity contribution is 6.30. The third-order valence-electron chi connectivity index (χ3n) is 5.52. The minimum Gasteiger partial charge on any atom is -0.454 e. The Bertz CT molecular complexity index is 1210. The van der Waals surface area contributed by atoms with Gasteiger partial charge in [0.25, 0.3) is 5.79 Å². The van der Waals surface area contributed by atoms with E-state index in [1.165, 1.54) is 0 Å². The molecule has 1 atom stereocenters. The van der Waals surface area contributed by atoms with E-state index in [9.17, 15) is 9.90 Å². The molecule has 0 fully saturated rings. The van der Waals surface area contributed by atoms with Crippen LogP contribution < -0.4 is 9.47 Å². The number of hydrogen-bond donors (Lipinski definition) is 1. The van der Waals surface area contributed by atoms with Gasteiger partial charge >= 0.3 is 5.97 Å². The monoisotopic (exact) mass is 434 g/mol. The molecule has 156 valence electrons. The summed E-state index contributed by atoms with van der Waals surface area (Å²) in [6, 6.07) is 19.8. The number of esters is 1. The van der Waals surface area contributed by atoms with E-state index in [1.807, 2.05) is 31.2 Å². The Hall–Kier alpha value is -3.28. The van der Waals surface area contributed by atoms with Crippen LogP contribution in [0.25, 0.3) is 5.57 Å². The lowest BCUT2D eigenvalue weighted by Gasteiger charge is -2.26. The molecule has 0 aliphatic carbocycles. The third-order valence-corrected chi connectivity index (χ3v) is 5.77. The molecule has 0 bridgehead atoms. The molecule has 3 aromatic carbocycles. The fourth-order valence-corrected chi connectivity index (χ4v) is 4.15. The van der Waals surface area contributed by atoms with Gasteiger partial charge < -0.3 is 19.3 Å². The van der Waals surface area contributed by atoms with Crippen LogP contribution in [-0.4, -0.2) is 17.9 Å². The van der Waals surface area contributed by atoms with Crippen molar-refractivity contribution in [2.75, 3.05) is 6.79 Å². The van der Waals surface area contributed by atoms with E-state index in [0.717, 1.165) is 11.1 Å². The number of benzene rings is 3. The van der Waals surface area contributed by atoms with Gasteiger partial charge in [0.15, 0.2) is 11.5 Å². The van der Waals surface area contributed by atoms with Crippen LogP contribution >= 0.6 is 11.6 Å². The average Bonchev–Trinajstić information content (AvgIpc) is 3.30. The van der Waals surface area contributed by atoms with Crippen molar-refractivity contribution in [2.24, 2.45) is 0 Å². The molecule has 3 aromatic rings. The maximum atomic E-state index is 13.1. The number of halogens is 1. The topological polar surface area (TPSA) is 65.0 Å². The van der Waals surface area contributed by atoms with Crippen molar-refractivity contribution in [3.63, 3.8) is 0 Å². The van der Waals surface area contributed by atoms with Gasteiger partial charge in [-0.25, -0.2) is 4.79 Å². The Morgan fingerprint density at radius 1 is 1.00 bits per heavy atom. The van der Waals surface area contributed by atoms with Crippen LogP contribution in [-0.2, 0) is 21.7 Å². The van der Waals surface area contributed by atoms with Gasteiger partial charge in [-0.15, -0.1) is 0 Å². The van der Waals surface area contributed by atoms with Crippen molar-refractivity contribution in [2.45, 2.75) is 19.1 Å². The minimum absolute atomic E-state index is 0.132. The summed E-state index contributed by atoms with van der Waals surface area (Å²) in [6.45, 7) is 2.13. The Morgan fingerprint density at radius 3 is 2.55 bits per heavy atom. The molecule has 0 saturated carbocycles. The Kier molecular flexibility index (Phi) is 4.73. The van der Waals surface area contributed by atoms with Crippen LogP contribution in [0.2, 0.25) is 5.02 Å². The molecule has 0 amide bonds. The second-order valence-corrected chi connectivity index (χ2v) is 8.06. The highest BCUT2D eigenvalue weighted by Gasteiger charge is 2.48. The Morgan fingerprint density at radius 2 is 1.77 bits per heavy atom. The van der Waals surface area contributed by atoms with Gasteiger partial charge in [0.05, 0.1) is 5.57 Å². The first-order chi connectivity index (χ1) is 14.9. The zero-order valence-electron chi connectivity index (χ0n) is 16.7. The van der Waals surface area contributed by atoms with Crippen LogP contribution in [0.15, 0.2) is 72.3 Å². The first kappa shape index (κ1) is 19.7. The lowest BCUT2D eigenvalue weighted by atomic mass is 9.88. The van der Waals surface area contributed by atoms with Crippen LogP contribution in [0.5, 0.6) is 11.5 Å². The summed E-state index contributed by atoms with van der Waals surface area (Å²) in [4.78, 5) is 13.1. The molecule has 1 unspecified atom stereocenters. The van der Waals surface area contributed by atoms with Crippen molar-refractivity contribution in [3.8, 4) is 11.5 Å². The van der Waals surface area contributed by atoms with Crippen molar-refractivity contribution in [3.05, 3.63) is 99.6 Å². The summed E-state index contributed by atoms with van der Waals surface area (Å²) >= 11 is 6.03. The molecule has 0 radical (unpaired) electrons. The van der Waals surface area contributed by atoms with E-state index in [4.69, 9.17) is 25.8 Å². The summed E-state index contributed by atoms with van der Waals surface area (Å²) < 4.78 is 16.5. The van der Waals surface area contributed by atoms with Crippen LogP contribution in [0.4, 0.5) is 0 Å². The summed E-state index contributed by atoms with van der Waals surface area (Å²) in [5.74, 6) is -1.34. The van der Waals surface area contributed by atoms with Gasteiger partial charge in [0.1, 0.15) is 0 Å². The smallest absolute Gasteiger partial charge is 0.342 e. The minimum atomic E-state index is -1.91. The predicted molar refractivity (Wildman–Crippen MR) is 116 cm³/mol. The zero-order valence-corrected chi connectivity index (χ0v) is 17.5. The first-order valence-electron chi connectivity index (χ1n) is 9.85. The normalized spacial score (nSPS) is 19.6. The molecule has 2 aliphatic heterocycles. The molecule has 0 aromatic heterocycles. The standard InChI is InChI=1S/C25H19ClO5/c1-15-3-2-4-16(11-15)12-20-23(17-5-10-21-22(13-17)30-14-29-21)24(27)31-25(20,28)18-6-8-19(26)9-7-18/h2-11,13,28H,12,14H2,1H3. The van der Waals surface area contributed by atoms with Gasteiger partial charge in [0.2, 0.25) is 6.79 Å². The van der Waals surface area contributed by atoms with Gasteiger partial charge in [-0.3, -0.25) is 0 Å². The molecule has 2 heterocycles. The molecule has 0 saturated heterocycles. The van der Waals surface area contributed by atoms with Crippen molar-refractivity contribution >= 4 is 23.1 Å². The number of fused-ring (bicyclic) bond motifs is 1. The number of carbonyl (C=O) groups is 1. The molecule has 5 rings (SSSR count). The summed E-state index contributed by atoms with van der Waals surface area (Å²) in [7, 11) is 0. The number of aryl methyl sites for hydroxylation is 1. The largest absolute Gasteiger partial charge is 0.454 e. The number of hydrogen-bond acceptors (Lipinski definition) is 5. The van der Waals surface area contributed by atoms with E-state index in [1.54, 1.807) is 42.5 Å². The van der Waals surface area contributed by atoms with Crippen LogP contribution in [0.1, 0.15) is 22.3 Å². The maximum Gasteiger partial charge on any atom is 0.342 e. The molecule has 31 heavy (non-hydrogen) atoms. The van der Waals surface area contributed by atoms with Crippen LogP contribution in [0, 0.1) is 6.92 Å². The van der Waals surface area contributed by atoms with E-state index >= 15 is 0 Å². The molecule has 5 nitrogen and oxygen atoms in total. The Balaban J connectivity index is 1.69. The maximum absolute atomic E-state index is 13.1. The van der Waals surface area contributed by atoms with E-state index in [0.29, 0.717) is 45.2 Å². The van der Waals surface area contributed by atoms with Gasteiger partial charge in [-0.05, 0) is 42.3 Å². The number of carbonyl (C=O) groups excluding carboxylic acids is 1. The van der Waals surface area contributed by atoms with Crippen molar-refractivity contribution in [1.29, 1.82) is 0 Å². The average molecular weight is 435 g/mol. The third kappa shape index (κ3) is 3.46. The summed E-state index contributed by atoms with van der Waals surface area (Å²) in [5.41, 5.74) is 3.86. The summed E-state index contributed by atoms with van der Waals surface area (Å²) in [5, 5.41) is 12.2. The van der Waals surface area contributed by atoms with Gasteiger partial charge in [-0.1, -0.05) is 59.6 Å². The van der Waals surface area contributed by atoms with E-state index in [2.05, 4.69) is 0 Å². The molecule has 2 aliphatic rings. The highest BCUT2D eigenvalue weighted by atomic mass is 35.5. The molecular formula is C25H19ClO5. The fraction of sp³-hybridized carbons (Fsp3) is 0.160. The Labute approximate surface area is 184 Å². The van der Waals surface area contributed by atoms with Crippen molar-refractivity contribution in [1.82, 2.24) is 0 Å². The number of rotatable bonds is 4. The van der Waals surface area contributed by atoms with Crippen LogP contribution in [0.3, 0.4) is 0 Å². The molecule has 6 heteroatoms. The number of ether oxygens (including phenoxy) is 3. The SMILES string of the molecule is Cc1cccc(CC2=C(c3ccc4c(c3)OCO4)C(=O)OC2(O)c2ccc(Cl)cc2)c1. The number of aliphatic hydroxyl groups is 1.